The molecule has 0 saturated carbocycles. The van der Waals surface area contributed by atoms with Gasteiger partial charge in [0.15, 0.2) is 5.65 Å². The summed E-state index contributed by atoms with van der Waals surface area (Å²) in [6.07, 6.45) is -0.939. The molecule has 0 radical (unpaired) electrons. The van der Waals surface area contributed by atoms with Crippen molar-refractivity contribution in [2.75, 3.05) is 17.7 Å². The summed E-state index contributed by atoms with van der Waals surface area (Å²) < 4.78 is 27.4. The van der Waals surface area contributed by atoms with Gasteiger partial charge in [-0.25, -0.2) is 18.2 Å². The topological polar surface area (TPSA) is 85.2 Å². The minimum Gasteiger partial charge on any atom is -0.384 e. The Balaban J connectivity index is 1.60. The summed E-state index contributed by atoms with van der Waals surface area (Å²) in [5, 5.41) is 8.77. The van der Waals surface area contributed by atoms with Gasteiger partial charge in [0.05, 0.1) is 5.39 Å². The molecular formula is C22H17F2N7. The van der Waals surface area contributed by atoms with Crippen LogP contribution in [0.2, 0.25) is 0 Å². The first kappa shape index (κ1) is 18.9. The number of pyridine rings is 1. The summed E-state index contributed by atoms with van der Waals surface area (Å²) in [6, 6.07) is 17.6. The highest BCUT2D eigenvalue weighted by Gasteiger charge is 2.16. The van der Waals surface area contributed by atoms with Gasteiger partial charge in [-0.05, 0) is 35.4 Å². The van der Waals surface area contributed by atoms with E-state index in [1.54, 1.807) is 28.9 Å². The molecule has 5 aromatic rings. The van der Waals surface area contributed by atoms with Crippen molar-refractivity contribution in [3.8, 4) is 11.1 Å². The molecule has 0 aliphatic carbocycles. The second kappa shape index (κ2) is 7.28. The Hall–Kier alpha value is -4.14. The van der Waals surface area contributed by atoms with Gasteiger partial charge in [-0.15, -0.1) is 10.2 Å². The number of anilines is 3. The standard InChI is InChI=1S/C22H17F2N7/c1-30(16-4-2-3-15(11-16)13-5-7-14(8-6-13)19(23)24)20-17-9-10-18(25)27-21(17)31-12-26-29-22(31)28-20/h2-12,19H,1H3,(H2,25,27). The van der Waals surface area contributed by atoms with Crippen LogP contribution in [0.25, 0.3) is 27.9 Å². The lowest BCUT2D eigenvalue weighted by Crippen LogP contribution is -2.13. The predicted molar refractivity (Wildman–Crippen MR) is 115 cm³/mol. The average molecular weight is 417 g/mol. The number of aromatic nitrogens is 5. The van der Waals surface area contributed by atoms with Gasteiger partial charge in [0.25, 0.3) is 12.2 Å². The van der Waals surface area contributed by atoms with E-state index in [9.17, 15) is 8.78 Å². The van der Waals surface area contributed by atoms with Crippen molar-refractivity contribution < 1.29 is 8.78 Å². The molecule has 3 aromatic heterocycles. The zero-order valence-electron chi connectivity index (χ0n) is 16.4. The number of fused-ring (bicyclic) bond motifs is 3. The summed E-state index contributed by atoms with van der Waals surface area (Å²) in [5.41, 5.74) is 9.11. The third-order valence-corrected chi connectivity index (χ3v) is 5.15. The van der Waals surface area contributed by atoms with E-state index in [2.05, 4.69) is 20.2 Å². The van der Waals surface area contributed by atoms with Crippen LogP contribution in [0, 0.1) is 0 Å². The molecule has 2 aromatic carbocycles. The number of hydrogen-bond acceptors (Lipinski definition) is 6. The van der Waals surface area contributed by atoms with Crippen molar-refractivity contribution in [1.29, 1.82) is 0 Å². The van der Waals surface area contributed by atoms with E-state index in [0.29, 0.717) is 23.1 Å². The molecule has 0 aliphatic heterocycles. The first-order valence-electron chi connectivity index (χ1n) is 9.49. The van der Waals surface area contributed by atoms with Crippen LogP contribution >= 0.6 is 0 Å². The summed E-state index contributed by atoms with van der Waals surface area (Å²) in [6.45, 7) is 0. The Kier molecular flexibility index (Phi) is 4.43. The molecule has 0 unspecified atom stereocenters. The average Bonchev–Trinajstić information content (AvgIpc) is 3.27. The third kappa shape index (κ3) is 3.29. The fourth-order valence-corrected chi connectivity index (χ4v) is 3.52. The summed E-state index contributed by atoms with van der Waals surface area (Å²) in [5.74, 6) is 1.44. The van der Waals surface area contributed by atoms with Crippen molar-refractivity contribution in [2.45, 2.75) is 6.43 Å². The molecule has 3 heterocycles. The zero-order chi connectivity index (χ0) is 21.5. The molecular weight excluding hydrogens is 400 g/mol. The Morgan fingerprint density at radius 2 is 1.77 bits per heavy atom. The van der Waals surface area contributed by atoms with Gasteiger partial charge in [0, 0.05) is 18.3 Å². The van der Waals surface area contributed by atoms with Crippen molar-refractivity contribution in [3.63, 3.8) is 0 Å². The molecule has 0 amide bonds. The SMILES string of the molecule is CN(c1cccc(-c2ccc(C(F)F)cc2)c1)c1nc2nncn2c2nc(N)ccc12. The summed E-state index contributed by atoms with van der Waals surface area (Å²) >= 11 is 0. The highest BCUT2D eigenvalue weighted by Crippen LogP contribution is 2.32. The fraction of sp³-hybridized carbons (Fsp3) is 0.0909. The lowest BCUT2D eigenvalue weighted by Gasteiger charge is -2.21. The molecule has 31 heavy (non-hydrogen) atoms. The number of nitrogen functional groups attached to an aromatic ring is 1. The second-order valence-electron chi connectivity index (χ2n) is 7.08. The molecule has 0 atom stereocenters. The number of rotatable bonds is 4. The van der Waals surface area contributed by atoms with Gasteiger partial charge >= 0.3 is 0 Å². The van der Waals surface area contributed by atoms with Gasteiger partial charge in [-0.3, -0.25) is 0 Å². The van der Waals surface area contributed by atoms with E-state index in [0.717, 1.165) is 22.2 Å². The van der Waals surface area contributed by atoms with E-state index in [1.165, 1.54) is 12.1 Å². The second-order valence-corrected chi connectivity index (χ2v) is 7.08. The van der Waals surface area contributed by atoms with Crippen LogP contribution in [0.3, 0.4) is 0 Å². The third-order valence-electron chi connectivity index (χ3n) is 5.15. The van der Waals surface area contributed by atoms with Gasteiger partial charge in [-0.1, -0.05) is 36.4 Å². The van der Waals surface area contributed by atoms with Gasteiger partial charge in [0.1, 0.15) is 18.0 Å². The Labute approximate surface area is 175 Å². The van der Waals surface area contributed by atoms with Gasteiger partial charge < -0.3 is 10.6 Å². The predicted octanol–water partition coefficient (Wildman–Crippen LogP) is 4.63. The highest BCUT2D eigenvalue weighted by molar-refractivity contribution is 5.92. The smallest absolute Gasteiger partial charge is 0.263 e. The number of halogens is 2. The molecule has 5 rings (SSSR count). The van der Waals surface area contributed by atoms with Crippen molar-refractivity contribution in [3.05, 3.63) is 72.6 Å². The number of nitrogens with zero attached hydrogens (tertiary/aromatic N) is 6. The highest BCUT2D eigenvalue weighted by atomic mass is 19.3. The molecule has 0 aliphatic rings. The monoisotopic (exact) mass is 417 g/mol. The molecule has 0 saturated heterocycles. The van der Waals surface area contributed by atoms with Crippen molar-refractivity contribution >= 4 is 34.1 Å². The van der Waals surface area contributed by atoms with Crippen LogP contribution in [0.5, 0.6) is 0 Å². The molecule has 0 spiro atoms. The lowest BCUT2D eigenvalue weighted by atomic mass is 10.0. The van der Waals surface area contributed by atoms with Crippen LogP contribution in [-0.4, -0.2) is 31.6 Å². The molecule has 0 bridgehead atoms. The molecule has 2 N–H and O–H groups in total. The maximum absolute atomic E-state index is 12.9. The van der Waals surface area contributed by atoms with E-state index in [4.69, 9.17) is 5.73 Å². The Morgan fingerprint density at radius 1 is 0.968 bits per heavy atom. The minimum atomic E-state index is -2.49. The molecule has 0 fully saturated rings. The van der Waals surface area contributed by atoms with Crippen LogP contribution in [0.1, 0.15) is 12.0 Å². The zero-order valence-corrected chi connectivity index (χ0v) is 16.4. The van der Waals surface area contributed by atoms with Gasteiger partial charge in [0.2, 0.25) is 0 Å². The molecule has 9 heteroatoms. The van der Waals surface area contributed by atoms with Crippen molar-refractivity contribution in [2.24, 2.45) is 0 Å². The van der Waals surface area contributed by atoms with Crippen LogP contribution < -0.4 is 10.6 Å². The van der Waals surface area contributed by atoms with E-state index in [-0.39, 0.29) is 5.56 Å². The number of alkyl halides is 2. The number of hydrogen-bond donors (Lipinski definition) is 1. The number of benzene rings is 2. The van der Waals surface area contributed by atoms with E-state index in [1.807, 2.05) is 42.3 Å². The quantitative estimate of drug-likeness (QED) is 0.459. The fourth-order valence-electron chi connectivity index (χ4n) is 3.52. The molecule has 7 nitrogen and oxygen atoms in total. The summed E-state index contributed by atoms with van der Waals surface area (Å²) in [4.78, 5) is 11.0. The van der Waals surface area contributed by atoms with Crippen LogP contribution in [0.4, 0.5) is 26.1 Å². The first-order chi connectivity index (χ1) is 15.0. The van der Waals surface area contributed by atoms with Crippen molar-refractivity contribution in [1.82, 2.24) is 24.6 Å². The Bertz CT molecular complexity index is 1400. The normalized spacial score (nSPS) is 11.5. The van der Waals surface area contributed by atoms with Crippen LogP contribution in [0.15, 0.2) is 67.0 Å². The maximum atomic E-state index is 12.9. The summed E-state index contributed by atoms with van der Waals surface area (Å²) in [7, 11) is 1.89. The van der Waals surface area contributed by atoms with Gasteiger partial charge in [-0.2, -0.15) is 4.98 Å². The lowest BCUT2D eigenvalue weighted by molar-refractivity contribution is 0.151. The largest absolute Gasteiger partial charge is 0.384 e. The van der Waals surface area contributed by atoms with E-state index >= 15 is 0 Å². The minimum absolute atomic E-state index is 0.000996. The maximum Gasteiger partial charge on any atom is 0.263 e. The Morgan fingerprint density at radius 3 is 2.55 bits per heavy atom. The van der Waals surface area contributed by atoms with Crippen LogP contribution in [-0.2, 0) is 0 Å². The first-order valence-corrected chi connectivity index (χ1v) is 9.49. The molecule has 154 valence electrons. The number of nitrogens with two attached hydrogens (primary N) is 1. The van der Waals surface area contributed by atoms with E-state index < -0.39 is 6.43 Å².